The molecule has 3 fully saturated rings. The number of cyclic esters (lactones) is 1. The van der Waals surface area contributed by atoms with Crippen LogP contribution in [0.3, 0.4) is 0 Å². The van der Waals surface area contributed by atoms with Gasteiger partial charge >= 0.3 is 5.97 Å². The standard InChI is InChI=1S/C35H36O13/c1-39-23-9-17(10-24(40-2)31(23)41-3)26-18-11-21-22(45-15-44-21)12-19(18)30(20-13-42-33(38)27(20)26)47-35-29(37)28(36)32-25(46-35)14-43-34(48-32)16-7-5-4-6-8-16/h4-12,20,25-30,32,34-37H,13-15H2,1-3H3/t20-,25?,26+,27-,28?,29?,30-,32?,34?,35?/m0/s1. The van der Waals surface area contributed by atoms with Crippen LogP contribution < -0.4 is 23.7 Å². The maximum atomic E-state index is 13.6. The third-order valence-electron chi connectivity index (χ3n) is 9.85. The highest BCUT2D eigenvalue weighted by atomic mass is 16.8. The molecule has 3 aromatic rings. The van der Waals surface area contributed by atoms with Gasteiger partial charge in [0.2, 0.25) is 12.5 Å². The van der Waals surface area contributed by atoms with E-state index in [1.54, 1.807) is 0 Å². The van der Waals surface area contributed by atoms with Crippen molar-refractivity contribution >= 4 is 5.97 Å². The SMILES string of the molecule is COc1cc([C@@H]2c3cc4c(cc3[C@H](OC3OC5COC(c6ccccc6)OC5C(O)C3O)[C@H]3COC(=O)[C@H]23)OCO4)cc(OC)c1OC. The Balaban J connectivity index is 1.15. The first-order valence-corrected chi connectivity index (χ1v) is 15.8. The molecule has 2 N–H and O–H groups in total. The van der Waals surface area contributed by atoms with E-state index in [1.807, 2.05) is 54.6 Å². The van der Waals surface area contributed by atoms with Gasteiger partial charge in [-0.15, -0.1) is 0 Å². The van der Waals surface area contributed by atoms with Crippen LogP contribution in [-0.4, -0.2) is 88.2 Å². The van der Waals surface area contributed by atoms with Crippen molar-refractivity contribution < 1.29 is 62.4 Å². The molecule has 13 heteroatoms. The third-order valence-corrected chi connectivity index (χ3v) is 9.85. The minimum Gasteiger partial charge on any atom is -0.493 e. The number of benzene rings is 3. The van der Waals surface area contributed by atoms with Gasteiger partial charge in [-0.25, -0.2) is 0 Å². The summed E-state index contributed by atoms with van der Waals surface area (Å²) in [6, 6.07) is 16.7. The predicted molar refractivity (Wildman–Crippen MR) is 163 cm³/mol. The van der Waals surface area contributed by atoms with E-state index in [2.05, 4.69) is 0 Å². The zero-order valence-electron chi connectivity index (χ0n) is 26.5. The molecule has 0 bridgehead atoms. The van der Waals surface area contributed by atoms with Gasteiger partial charge in [0, 0.05) is 17.4 Å². The van der Waals surface area contributed by atoms with Crippen LogP contribution in [0.2, 0.25) is 0 Å². The molecule has 3 saturated heterocycles. The lowest BCUT2D eigenvalue weighted by atomic mass is 9.66. The average molecular weight is 665 g/mol. The molecule has 4 heterocycles. The zero-order chi connectivity index (χ0) is 33.1. The number of aliphatic hydroxyl groups excluding tert-OH is 2. The number of aliphatic hydroxyl groups is 2. The number of methoxy groups -OCH3 is 3. The number of esters is 1. The maximum Gasteiger partial charge on any atom is 0.310 e. The van der Waals surface area contributed by atoms with Gasteiger partial charge in [-0.05, 0) is 41.0 Å². The van der Waals surface area contributed by atoms with Crippen molar-refractivity contribution in [3.63, 3.8) is 0 Å². The first kappa shape index (κ1) is 31.2. The van der Waals surface area contributed by atoms with Crippen LogP contribution in [0.4, 0.5) is 0 Å². The van der Waals surface area contributed by atoms with Gasteiger partial charge in [-0.2, -0.15) is 0 Å². The molecule has 8 rings (SSSR count). The van der Waals surface area contributed by atoms with E-state index < -0.39 is 66.8 Å². The summed E-state index contributed by atoms with van der Waals surface area (Å²) < 4.78 is 58.9. The number of ether oxygens (including phenoxy) is 10. The van der Waals surface area contributed by atoms with Crippen LogP contribution in [0.1, 0.15) is 40.6 Å². The number of rotatable bonds is 7. The number of carbonyl (C=O) groups excluding carboxylic acids is 1. The van der Waals surface area contributed by atoms with Crippen molar-refractivity contribution in [2.75, 3.05) is 41.3 Å². The van der Waals surface area contributed by atoms with Gasteiger partial charge in [-0.3, -0.25) is 4.79 Å². The van der Waals surface area contributed by atoms with Crippen molar-refractivity contribution in [1.82, 2.24) is 0 Å². The molecular formula is C35H36O13. The summed E-state index contributed by atoms with van der Waals surface area (Å²) in [7, 11) is 4.59. The predicted octanol–water partition coefficient (Wildman–Crippen LogP) is 2.99. The number of fused-ring (bicyclic) bond motifs is 4. The largest absolute Gasteiger partial charge is 0.493 e. The molecule has 0 amide bonds. The van der Waals surface area contributed by atoms with E-state index in [-0.39, 0.29) is 20.0 Å². The van der Waals surface area contributed by atoms with Crippen molar-refractivity contribution in [3.05, 3.63) is 76.9 Å². The Kier molecular flexibility index (Phi) is 8.06. The Morgan fingerprint density at radius 3 is 2.17 bits per heavy atom. The molecular weight excluding hydrogens is 628 g/mol. The van der Waals surface area contributed by atoms with Crippen LogP contribution in [0, 0.1) is 11.8 Å². The van der Waals surface area contributed by atoms with Crippen molar-refractivity contribution in [2.45, 2.75) is 49.0 Å². The van der Waals surface area contributed by atoms with Crippen LogP contribution >= 0.6 is 0 Å². The molecule has 10 atom stereocenters. The number of hydrogen-bond donors (Lipinski definition) is 2. The van der Waals surface area contributed by atoms with Crippen molar-refractivity contribution in [1.29, 1.82) is 0 Å². The zero-order valence-corrected chi connectivity index (χ0v) is 26.5. The van der Waals surface area contributed by atoms with Crippen LogP contribution in [-0.2, 0) is 28.5 Å². The Morgan fingerprint density at radius 1 is 0.771 bits per heavy atom. The first-order chi connectivity index (χ1) is 23.4. The van der Waals surface area contributed by atoms with Gasteiger partial charge in [0.05, 0.1) is 46.6 Å². The van der Waals surface area contributed by atoms with E-state index in [9.17, 15) is 15.0 Å². The maximum absolute atomic E-state index is 13.6. The summed E-state index contributed by atoms with van der Waals surface area (Å²) in [5.74, 6) is 0.203. The molecule has 48 heavy (non-hydrogen) atoms. The lowest BCUT2D eigenvalue weighted by Crippen LogP contribution is -2.62. The molecule has 1 aliphatic carbocycles. The Hall–Kier alpha value is -4.11. The van der Waals surface area contributed by atoms with E-state index >= 15 is 0 Å². The second-order valence-corrected chi connectivity index (χ2v) is 12.3. The van der Waals surface area contributed by atoms with Gasteiger partial charge < -0.3 is 57.6 Å². The van der Waals surface area contributed by atoms with Crippen LogP contribution in [0.15, 0.2) is 54.6 Å². The van der Waals surface area contributed by atoms with Crippen LogP contribution in [0.5, 0.6) is 28.7 Å². The van der Waals surface area contributed by atoms with E-state index in [0.717, 1.165) is 16.7 Å². The highest BCUT2D eigenvalue weighted by Gasteiger charge is 2.56. The molecule has 254 valence electrons. The minimum atomic E-state index is -1.47. The fourth-order valence-electron chi connectivity index (χ4n) is 7.58. The molecule has 3 aromatic carbocycles. The van der Waals surface area contributed by atoms with Gasteiger partial charge in [-0.1, -0.05) is 30.3 Å². The monoisotopic (exact) mass is 664 g/mol. The molecule has 6 unspecified atom stereocenters. The minimum absolute atomic E-state index is 0.0389. The lowest BCUT2D eigenvalue weighted by Gasteiger charge is -2.48. The highest BCUT2D eigenvalue weighted by molar-refractivity contribution is 5.79. The lowest BCUT2D eigenvalue weighted by molar-refractivity contribution is -0.369. The van der Waals surface area contributed by atoms with Gasteiger partial charge in [0.25, 0.3) is 0 Å². The Labute approximate surface area is 276 Å². The summed E-state index contributed by atoms with van der Waals surface area (Å²) in [5, 5.41) is 22.6. The number of carbonyl (C=O) groups is 1. The topological polar surface area (TPSA) is 150 Å². The summed E-state index contributed by atoms with van der Waals surface area (Å²) in [5.41, 5.74) is 2.95. The molecule has 5 aliphatic rings. The van der Waals surface area contributed by atoms with Gasteiger partial charge in [0.15, 0.2) is 35.6 Å². The molecule has 0 radical (unpaired) electrons. The Bertz CT molecular complexity index is 1650. The molecule has 13 nitrogen and oxygen atoms in total. The van der Waals surface area contributed by atoms with E-state index in [1.165, 1.54) is 21.3 Å². The Morgan fingerprint density at radius 2 is 1.48 bits per heavy atom. The fraction of sp³-hybridized carbons (Fsp3) is 0.457. The van der Waals surface area contributed by atoms with Gasteiger partial charge in [0.1, 0.15) is 24.4 Å². The van der Waals surface area contributed by atoms with E-state index in [4.69, 9.17) is 47.4 Å². The molecule has 4 aliphatic heterocycles. The summed E-state index contributed by atoms with van der Waals surface area (Å²) >= 11 is 0. The summed E-state index contributed by atoms with van der Waals surface area (Å²) in [6.45, 7) is 0.202. The molecule has 0 spiro atoms. The fourth-order valence-corrected chi connectivity index (χ4v) is 7.58. The second-order valence-electron chi connectivity index (χ2n) is 12.3. The van der Waals surface area contributed by atoms with Crippen molar-refractivity contribution in [2.24, 2.45) is 11.8 Å². The molecule has 0 aromatic heterocycles. The van der Waals surface area contributed by atoms with E-state index in [0.29, 0.717) is 34.3 Å². The summed E-state index contributed by atoms with van der Waals surface area (Å²) in [4.78, 5) is 13.6. The van der Waals surface area contributed by atoms with Crippen molar-refractivity contribution in [3.8, 4) is 28.7 Å². The smallest absolute Gasteiger partial charge is 0.310 e. The first-order valence-electron chi connectivity index (χ1n) is 15.8. The number of hydrogen-bond acceptors (Lipinski definition) is 13. The second kappa shape index (κ2) is 12.4. The quantitative estimate of drug-likeness (QED) is 0.357. The molecule has 0 saturated carbocycles. The highest BCUT2D eigenvalue weighted by Crippen LogP contribution is 2.57. The third kappa shape index (κ3) is 5.04. The average Bonchev–Trinajstić information content (AvgIpc) is 3.75. The summed E-state index contributed by atoms with van der Waals surface area (Å²) in [6.07, 6.45) is -7.19. The normalized spacial score (nSPS) is 33.2. The van der Waals surface area contributed by atoms with Crippen LogP contribution in [0.25, 0.3) is 0 Å².